The van der Waals surface area contributed by atoms with E-state index in [1.54, 1.807) is 12.1 Å². The Morgan fingerprint density at radius 2 is 1.81 bits per heavy atom. The van der Waals surface area contributed by atoms with Crippen LogP contribution in [0.4, 0.5) is 13.2 Å². The second-order valence-electron chi connectivity index (χ2n) is 6.80. The number of halogens is 3. The molecule has 1 aliphatic rings. The van der Waals surface area contributed by atoms with Crippen LogP contribution in [0, 0.1) is 0 Å². The lowest BCUT2D eigenvalue weighted by Crippen LogP contribution is -2.43. The predicted molar refractivity (Wildman–Crippen MR) is 101 cm³/mol. The van der Waals surface area contributed by atoms with Crippen molar-refractivity contribution in [1.82, 2.24) is 15.5 Å². The van der Waals surface area contributed by atoms with E-state index < -0.39 is 11.7 Å². The van der Waals surface area contributed by atoms with E-state index in [-0.39, 0.29) is 12.1 Å². The minimum Gasteiger partial charge on any atom is -0.379 e. The molecule has 0 aliphatic carbocycles. The first-order chi connectivity index (χ1) is 12.8. The van der Waals surface area contributed by atoms with Crippen molar-refractivity contribution in [2.75, 3.05) is 39.4 Å². The van der Waals surface area contributed by atoms with Gasteiger partial charge in [-0.2, -0.15) is 13.2 Å². The summed E-state index contributed by atoms with van der Waals surface area (Å²) in [6.07, 6.45) is -4.33. The van der Waals surface area contributed by atoms with Crippen molar-refractivity contribution >= 4 is 5.96 Å². The fraction of sp³-hybridized carbons (Fsp3) is 0.632. The summed E-state index contributed by atoms with van der Waals surface area (Å²) in [7, 11) is 0. The number of nitrogens with one attached hydrogen (secondary N) is 2. The zero-order valence-corrected chi connectivity index (χ0v) is 16.1. The first-order valence-electron chi connectivity index (χ1n) is 9.35. The predicted octanol–water partition coefficient (Wildman–Crippen LogP) is 3.04. The van der Waals surface area contributed by atoms with Crippen molar-refractivity contribution in [2.45, 2.75) is 39.0 Å². The highest BCUT2D eigenvalue weighted by Gasteiger charge is 2.31. The van der Waals surface area contributed by atoms with Crippen LogP contribution in [0.15, 0.2) is 29.3 Å². The molecule has 152 valence electrons. The quantitative estimate of drug-likeness (QED) is 0.583. The van der Waals surface area contributed by atoms with Crippen LogP contribution in [0.25, 0.3) is 0 Å². The minimum atomic E-state index is -4.33. The van der Waals surface area contributed by atoms with Gasteiger partial charge in [-0.25, -0.2) is 0 Å². The van der Waals surface area contributed by atoms with Crippen LogP contribution < -0.4 is 10.6 Å². The Balaban J connectivity index is 2.22. The molecule has 1 saturated heterocycles. The van der Waals surface area contributed by atoms with Crippen molar-refractivity contribution in [2.24, 2.45) is 4.99 Å². The number of rotatable bonds is 6. The van der Waals surface area contributed by atoms with E-state index in [1.165, 1.54) is 0 Å². The summed E-state index contributed by atoms with van der Waals surface area (Å²) in [5.41, 5.74) is 0.194. The van der Waals surface area contributed by atoms with Crippen LogP contribution in [-0.4, -0.2) is 56.3 Å². The molecule has 1 aliphatic heterocycles. The first kappa shape index (κ1) is 21.5. The maximum atomic E-state index is 12.9. The molecule has 27 heavy (non-hydrogen) atoms. The van der Waals surface area contributed by atoms with Crippen LogP contribution in [-0.2, 0) is 10.9 Å². The van der Waals surface area contributed by atoms with Crippen LogP contribution in [0.1, 0.15) is 37.9 Å². The zero-order valence-electron chi connectivity index (χ0n) is 16.1. The van der Waals surface area contributed by atoms with E-state index in [2.05, 4.69) is 20.5 Å². The average molecular weight is 386 g/mol. The number of benzene rings is 1. The van der Waals surface area contributed by atoms with Gasteiger partial charge in [0.25, 0.3) is 0 Å². The lowest BCUT2D eigenvalue weighted by Gasteiger charge is -2.34. The summed E-state index contributed by atoms with van der Waals surface area (Å²) in [6.45, 7) is 9.94. The van der Waals surface area contributed by atoms with Gasteiger partial charge in [-0.3, -0.25) is 9.89 Å². The maximum Gasteiger partial charge on any atom is 0.416 e. The molecule has 5 nitrogen and oxygen atoms in total. The van der Waals surface area contributed by atoms with E-state index >= 15 is 0 Å². The van der Waals surface area contributed by atoms with Crippen molar-refractivity contribution in [3.05, 3.63) is 35.4 Å². The van der Waals surface area contributed by atoms with E-state index in [0.717, 1.165) is 37.3 Å². The molecule has 0 spiro atoms. The molecule has 0 aromatic heterocycles. The number of aliphatic imine (C=N–C) groups is 1. The number of nitrogens with zero attached hydrogens (tertiary/aromatic N) is 2. The third-order valence-electron chi connectivity index (χ3n) is 4.30. The topological polar surface area (TPSA) is 48.9 Å². The number of ether oxygens (including phenoxy) is 1. The lowest BCUT2D eigenvalue weighted by molar-refractivity contribution is -0.137. The number of morpholine rings is 1. The fourth-order valence-electron chi connectivity index (χ4n) is 2.99. The monoisotopic (exact) mass is 386 g/mol. The Morgan fingerprint density at radius 3 is 2.33 bits per heavy atom. The van der Waals surface area contributed by atoms with E-state index in [4.69, 9.17) is 4.74 Å². The molecule has 2 N–H and O–H groups in total. The van der Waals surface area contributed by atoms with Gasteiger partial charge in [-0.15, -0.1) is 0 Å². The molecule has 1 heterocycles. The van der Waals surface area contributed by atoms with E-state index in [0.29, 0.717) is 25.7 Å². The van der Waals surface area contributed by atoms with Gasteiger partial charge in [0.05, 0.1) is 31.4 Å². The highest BCUT2D eigenvalue weighted by molar-refractivity contribution is 5.80. The molecule has 2 rings (SSSR count). The largest absolute Gasteiger partial charge is 0.416 e. The summed E-state index contributed by atoms with van der Waals surface area (Å²) >= 11 is 0. The van der Waals surface area contributed by atoms with Crippen molar-refractivity contribution in [1.29, 1.82) is 0 Å². The minimum absolute atomic E-state index is 0.0983. The molecule has 1 unspecified atom stereocenters. The summed E-state index contributed by atoms with van der Waals surface area (Å²) in [4.78, 5) is 6.88. The third-order valence-corrected chi connectivity index (χ3v) is 4.30. The van der Waals surface area contributed by atoms with Gasteiger partial charge >= 0.3 is 6.18 Å². The Hall–Kier alpha value is -1.80. The Labute approximate surface area is 159 Å². The normalized spacial score (nSPS) is 17.8. The van der Waals surface area contributed by atoms with Crippen LogP contribution in [0.2, 0.25) is 0 Å². The van der Waals surface area contributed by atoms with Gasteiger partial charge in [-0.05, 0) is 38.5 Å². The standard InChI is InChI=1S/C19H29F3N4O/c1-4-23-18(25-14(2)3)24-13-17(26-9-11-27-12-10-26)15-5-7-16(8-6-15)19(20,21)22/h5-8,14,17H,4,9-13H2,1-3H3,(H2,23,24,25). The molecular formula is C19H29F3N4O. The summed E-state index contributed by atoms with van der Waals surface area (Å²) in [5.74, 6) is 0.706. The Bertz CT molecular complexity index is 596. The van der Waals surface area contributed by atoms with Crippen molar-refractivity contribution in [3.8, 4) is 0 Å². The number of alkyl halides is 3. The van der Waals surface area contributed by atoms with Crippen LogP contribution in [0.5, 0.6) is 0 Å². The summed E-state index contributed by atoms with van der Waals surface area (Å²) in [5, 5.41) is 6.47. The third kappa shape index (κ3) is 6.70. The first-order valence-corrected chi connectivity index (χ1v) is 9.35. The molecule has 0 radical (unpaired) electrons. The van der Waals surface area contributed by atoms with Gasteiger partial charge in [0.1, 0.15) is 0 Å². The molecule has 0 bridgehead atoms. The van der Waals surface area contributed by atoms with Gasteiger partial charge < -0.3 is 15.4 Å². The average Bonchev–Trinajstić information content (AvgIpc) is 2.62. The molecule has 8 heteroatoms. The number of guanidine groups is 1. The smallest absolute Gasteiger partial charge is 0.379 e. The second kappa shape index (κ2) is 9.94. The van der Waals surface area contributed by atoms with Crippen molar-refractivity contribution < 1.29 is 17.9 Å². The van der Waals surface area contributed by atoms with Gasteiger partial charge in [0.2, 0.25) is 0 Å². The Morgan fingerprint density at radius 1 is 1.19 bits per heavy atom. The molecule has 1 fully saturated rings. The Kier molecular flexibility index (Phi) is 7.91. The zero-order chi connectivity index (χ0) is 19.9. The molecular weight excluding hydrogens is 357 g/mol. The summed E-state index contributed by atoms with van der Waals surface area (Å²) < 4.78 is 44.0. The maximum absolute atomic E-state index is 12.9. The van der Waals surface area contributed by atoms with Crippen LogP contribution >= 0.6 is 0 Å². The molecule has 0 amide bonds. The van der Waals surface area contributed by atoms with Crippen LogP contribution in [0.3, 0.4) is 0 Å². The molecule has 1 aromatic rings. The van der Waals surface area contributed by atoms with E-state index in [9.17, 15) is 13.2 Å². The number of hydrogen-bond donors (Lipinski definition) is 2. The molecule has 0 saturated carbocycles. The van der Waals surface area contributed by atoms with Gasteiger partial charge in [-0.1, -0.05) is 12.1 Å². The van der Waals surface area contributed by atoms with Gasteiger partial charge in [0.15, 0.2) is 5.96 Å². The van der Waals surface area contributed by atoms with Crippen molar-refractivity contribution in [3.63, 3.8) is 0 Å². The highest BCUT2D eigenvalue weighted by Crippen LogP contribution is 2.31. The highest BCUT2D eigenvalue weighted by atomic mass is 19.4. The molecule has 1 atom stereocenters. The SMILES string of the molecule is CCNC(=NCC(c1ccc(C(F)(F)F)cc1)N1CCOCC1)NC(C)C. The second-order valence-corrected chi connectivity index (χ2v) is 6.80. The fourth-order valence-corrected chi connectivity index (χ4v) is 2.99. The van der Waals surface area contributed by atoms with E-state index in [1.807, 2.05) is 20.8 Å². The molecule has 1 aromatic carbocycles. The lowest BCUT2D eigenvalue weighted by atomic mass is 10.0. The summed E-state index contributed by atoms with van der Waals surface area (Å²) in [6, 6.07) is 5.53. The van der Waals surface area contributed by atoms with Gasteiger partial charge in [0, 0.05) is 25.7 Å². The number of hydrogen-bond acceptors (Lipinski definition) is 3.